The van der Waals surface area contributed by atoms with E-state index in [0.717, 1.165) is 0 Å². The van der Waals surface area contributed by atoms with E-state index in [1.807, 2.05) is 20.8 Å². The number of aryl methyl sites for hydroxylation is 1. The molecule has 0 spiro atoms. The van der Waals surface area contributed by atoms with Gasteiger partial charge in [-0.25, -0.2) is 13.1 Å². The topological polar surface area (TPSA) is 66.4 Å². The van der Waals surface area contributed by atoms with E-state index >= 15 is 0 Å². The van der Waals surface area contributed by atoms with Gasteiger partial charge in [-0.2, -0.15) is 0 Å². The highest BCUT2D eigenvalue weighted by atomic mass is 32.2. The van der Waals surface area contributed by atoms with Crippen LogP contribution in [0.5, 0.6) is 0 Å². The number of hydrogen-bond donors (Lipinski definition) is 2. The zero-order valence-electron chi connectivity index (χ0n) is 11.3. The molecular formula is C13H21NO3S. The number of benzene rings is 1. The maximum Gasteiger partial charge on any atom is 0.241 e. The molecule has 0 radical (unpaired) electrons. The monoisotopic (exact) mass is 271 g/mol. The summed E-state index contributed by atoms with van der Waals surface area (Å²) in [6.07, 6.45) is 0. The molecule has 0 saturated carbocycles. The second-order valence-electron chi connectivity index (χ2n) is 4.91. The molecule has 0 fully saturated rings. The Morgan fingerprint density at radius 3 is 2.39 bits per heavy atom. The summed E-state index contributed by atoms with van der Waals surface area (Å²) in [7, 11) is -3.53. The third-order valence-corrected chi connectivity index (χ3v) is 4.77. The standard InChI is InChI=1S/C13H21NO3S/c1-9(2)11(4)14-18(16,17)13-7-12(8-15)6-5-10(13)3/h5-7,9,11,14-15H,8H2,1-4H3. The minimum Gasteiger partial charge on any atom is -0.392 e. The minimum atomic E-state index is -3.53. The van der Waals surface area contributed by atoms with Crippen LogP contribution in [-0.4, -0.2) is 19.6 Å². The van der Waals surface area contributed by atoms with Gasteiger partial charge < -0.3 is 5.11 Å². The second kappa shape index (κ2) is 5.82. The highest BCUT2D eigenvalue weighted by Gasteiger charge is 2.21. The molecule has 0 saturated heterocycles. The van der Waals surface area contributed by atoms with E-state index in [9.17, 15) is 8.42 Å². The van der Waals surface area contributed by atoms with E-state index in [4.69, 9.17) is 5.11 Å². The van der Waals surface area contributed by atoms with Crippen LogP contribution in [0.3, 0.4) is 0 Å². The molecule has 1 aromatic rings. The predicted octanol–water partition coefficient (Wildman–Crippen LogP) is 1.81. The van der Waals surface area contributed by atoms with Crippen LogP contribution < -0.4 is 4.72 Å². The van der Waals surface area contributed by atoms with Gasteiger partial charge in [-0.05, 0) is 37.0 Å². The van der Waals surface area contributed by atoms with Gasteiger partial charge in [0.2, 0.25) is 10.0 Å². The van der Waals surface area contributed by atoms with E-state index in [1.165, 1.54) is 6.07 Å². The van der Waals surface area contributed by atoms with Gasteiger partial charge in [-0.1, -0.05) is 26.0 Å². The first-order chi connectivity index (χ1) is 8.27. The van der Waals surface area contributed by atoms with Gasteiger partial charge in [-0.15, -0.1) is 0 Å². The number of nitrogens with one attached hydrogen (secondary N) is 1. The quantitative estimate of drug-likeness (QED) is 0.858. The van der Waals surface area contributed by atoms with E-state index in [1.54, 1.807) is 19.1 Å². The highest BCUT2D eigenvalue weighted by molar-refractivity contribution is 7.89. The lowest BCUT2D eigenvalue weighted by Crippen LogP contribution is -2.36. The summed E-state index contributed by atoms with van der Waals surface area (Å²) >= 11 is 0. The molecule has 0 aromatic heterocycles. The van der Waals surface area contributed by atoms with Gasteiger partial charge in [0.1, 0.15) is 0 Å². The molecular weight excluding hydrogens is 250 g/mol. The van der Waals surface area contributed by atoms with Gasteiger partial charge >= 0.3 is 0 Å². The van der Waals surface area contributed by atoms with E-state index in [-0.39, 0.29) is 23.5 Å². The molecule has 1 atom stereocenters. The summed E-state index contributed by atoms with van der Waals surface area (Å²) in [4.78, 5) is 0.238. The Bertz CT molecular complexity index is 509. The van der Waals surface area contributed by atoms with Crippen LogP contribution >= 0.6 is 0 Å². The van der Waals surface area contributed by atoms with Crippen molar-refractivity contribution >= 4 is 10.0 Å². The van der Waals surface area contributed by atoms with E-state index in [2.05, 4.69) is 4.72 Å². The van der Waals surface area contributed by atoms with Crippen molar-refractivity contribution in [2.24, 2.45) is 5.92 Å². The first-order valence-electron chi connectivity index (χ1n) is 6.00. The van der Waals surface area contributed by atoms with E-state index < -0.39 is 10.0 Å². The molecule has 0 heterocycles. The van der Waals surface area contributed by atoms with Crippen LogP contribution in [0, 0.1) is 12.8 Å². The van der Waals surface area contributed by atoms with Gasteiger partial charge in [-0.3, -0.25) is 0 Å². The maximum absolute atomic E-state index is 12.2. The van der Waals surface area contributed by atoms with Crippen molar-refractivity contribution in [1.82, 2.24) is 4.72 Å². The number of aliphatic hydroxyl groups is 1. The summed E-state index contributed by atoms with van der Waals surface area (Å²) < 4.78 is 27.1. The fraction of sp³-hybridized carbons (Fsp3) is 0.538. The Morgan fingerprint density at radius 1 is 1.28 bits per heavy atom. The molecule has 1 aromatic carbocycles. The van der Waals surface area contributed by atoms with Gasteiger partial charge in [0.05, 0.1) is 11.5 Å². The average Bonchev–Trinajstić information content (AvgIpc) is 2.28. The summed E-state index contributed by atoms with van der Waals surface area (Å²) in [5.41, 5.74) is 1.27. The van der Waals surface area contributed by atoms with Crippen molar-refractivity contribution in [3.63, 3.8) is 0 Å². The Hall–Kier alpha value is -0.910. The third kappa shape index (κ3) is 3.54. The van der Waals surface area contributed by atoms with Gasteiger partial charge in [0, 0.05) is 6.04 Å². The number of aliphatic hydroxyl groups excluding tert-OH is 1. The lowest BCUT2D eigenvalue weighted by molar-refractivity contribution is 0.281. The van der Waals surface area contributed by atoms with Crippen molar-refractivity contribution in [2.45, 2.75) is 45.2 Å². The Kier molecular flexibility index (Phi) is 4.90. The molecule has 2 N–H and O–H groups in total. The lowest BCUT2D eigenvalue weighted by Gasteiger charge is -2.18. The van der Waals surface area contributed by atoms with Crippen molar-refractivity contribution in [3.8, 4) is 0 Å². The normalized spacial score (nSPS) is 13.9. The van der Waals surface area contributed by atoms with Gasteiger partial charge in [0.25, 0.3) is 0 Å². The zero-order chi connectivity index (χ0) is 13.9. The third-order valence-electron chi connectivity index (χ3n) is 3.07. The predicted molar refractivity (Wildman–Crippen MR) is 71.7 cm³/mol. The smallest absolute Gasteiger partial charge is 0.241 e. The number of hydrogen-bond acceptors (Lipinski definition) is 3. The molecule has 1 rings (SSSR count). The minimum absolute atomic E-state index is 0.132. The SMILES string of the molecule is Cc1ccc(CO)cc1S(=O)(=O)NC(C)C(C)C. The largest absolute Gasteiger partial charge is 0.392 e. The molecule has 0 aliphatic rings. The van der Waals surface area contributed by atoms with Crippen molar-refractivity contribution in [1.29, 1.82) is 0 Å². The van der Waals surface area contributed by atoms with Crippen LogP contribution in [0.4, 0.5) is 0 Å². The zero-order valence-corrected chi connectivity index (χ0v) is 12.1. The highest BCUT2D eigenvalue weighted by Crippen LogP contribution is 2.18. The molecule has 0 aliphatic heterocycles. The molecule has 1 unspecified atom stereocenters. The van der Waals surface area contributed by atoms with Crippen LogP contribution in [0.25, 0.3) is 0 Å². The Labute approximate surface area is 109 Å². The van der Waals surface area contributed by atoms with Crippen molar-refractivity contribution in [2.75, 3.05) is 0 Å². The van der Waals surface area contributed by atoms with Gasteiger partial charge in [0.15, 0.2) is 0 Å². The molecule has 0 amide bonds. The summed E-state index contributed by atoms with van der Waals surface area (Å²) in [5.74, 6) is 0.223. The van der Waals surface area contributed by atoms with Crippen LogP contribution in [-0.2, 0) is 16.6 Å². The fourth-order valence-electron chi connectivity index (χ4n) is 1.48. The maximum atomic E-state index is 12.2. The number of sulfonamides is 1. The molecule has 0 aliphatic carbocycles. The average molecular weight is 271 g/mol. The van der Waals surface area contributed by atoms with Crippen LogP contribution in [0.2, 0.25) is 0 Å². The summed E-state index contributed by atoms with van der Waals surface area (Å²) in [5, 5.41) is 9.07. The van der Waals surface area contributed by atoms with Crippen LogP contribution in [0.1, 0.15) is 31.9 Å². The van der Waals surface area contributed by atoms with Crippen LogP contribution in [0.15, 0.2) is 23.1 Å². The molecule has 0 bridgehead atoms. The Morgan fingerprint density at radius 2 is 1.89 bits per heavy atom. The van der Waals surface area contributed by atoms with Crippen molar-refractivity contribution in [3.05, 3.63) is 29.3 Å². The Balaban J connectivity index is 3.12. The number of rotatable bonds is 5. The fourth-order valence-corrected chi connectivity index (χ4v) is 3.16. The molecule has 4 nitrogen and oxygen atoms in total. The van der Waals surface area contributed by atoms with Crippen molar-refractivity contribution < 1.29 is 13.5 Å². The molecule has 18 heavy (non-hydrogen) atoms. The first-order valence-corrected chi connectivity index (χ1v) is 7.49. The summed E-state index contributed by atoms with van der Waals surface area (Å²) in [6, 6.07) is 4.82. The molecule has 5 heteroatoms. The van der Waals surface area contributed by atoms with E-state index in [0.29, 0.717) is 11.1 Å². The first kappa shape index (κ1) is 15.1. The summed E-state index contributed by atoms with van der Waals surface area (Å²) in [6.45, 7) is 7.35. The lowest BCUT2D eigenvalue weighted by atomic mass is 10.1. The molecule has 102 valence electrons. The second-order valence-corrected chi connectivity index (χ2v) is 6.59.